The number of rotatable bonds is 3. The number of carbonyl (C=O) groups excluding carboxylic acids is 1. The predicted molar refractivity (Wildman–Crippen MR) is 82.7 cm³/mol. The van der Waals surface area contributed by atoms with Gasteiger partial charge in [0.2, 0.25) is 5.91 Å². The summed E-state index contributed by atoms with van der Waals surface area (Å²) < 4.78 is 24.9. The van der Waals surface area contributed by atoms with Crippen LogP contribution in [0.1, 0.15) is 31.2 Å². The number of sulfone groups is 1. The third kappa shape index (κ3) is 3.97. The Balaban J connectivity index is 2.16. The van der Waals surface area contributed by atoms with Gasteiger partial charge in [0.25, 0.3) is 0 Å². The second-order valence-corrected chi connectivity index (χ2v) is 7.54. The van der Waals surface area contributed by atoms with Crippen molar-refractivity contribution in [2.45, 2.75) is 37.5 Å². The van der Waals surface area contributed by atoms with Gasteiger partial charge in [0, 0.05) is 18.8 Å². The van der Waals surface area contributed by atoms with Crippen LogP contribution in [0.15, 0.2) is 23.1 Å². The summed E-state index contributed by atoms with van der Waals surface area (Å²) in [6.45, 7) is 3.03. The molecule has 0 aromatic heterocycles. The van der Waals surface area contributed by atoms with Crippen molar-refractivity contribution in [1.29, 1.82) is 0 Å². The minimum Gasteiger partial charge on any atom is -0.399 e. The van der Waals surface area contributed by atoms with Crippen molar-refractivity contribution in [1.82, 2.24) is 4.90 Å². The van der Waals surface area contributed by atoms with E-state index in [1.165, 1.54) is 6.07 Å². The molecule has 6 heteroatoms. The first-order chi connectivity index (χ1) is 9.90. The number of nitrogen functional groups attached to an aromatic ring is 1. The normalized spacial score (nSPS) is 16.5. The summed E-state index contributed by atoms with van der Waals surface area (Å²) in [4.78, 5) is 14.1. The fraction of sp³-hybridized carbons (Fsp3) is 0.533. The second kappa shape index (κ2) is 6.47. The number of nitrogens with two attached hydrogens (primary N) is 1. The highest BCUT2D eigenvalue weighted by Crippen LogP contribution is 2.20. The monoisotopic (exact) mass is 310 g/mol. The number of carbonyl (C=O) groups is 1. The molecule has 2 N–H and O–H groups in total. The maximum absolute atomic E-state index is 12.4. The molecule has 0 bridgehead atoms. The summed E-state index contributed by atoms with van der Waals surface area (Å²) in [5.41, 5.74) is 6.67. The average Bonchev–Trinajstić information content (AvgIpc) is 2.70. The van der Waals surface area contributed by atoms with Gasteiger partial charge in [-0.1, -0.05) is 18.9 Å². The first-order valence-corrected chi connectivity index (χ1v) is 8.92. The number of nitrogens with zero attached hydrogens (tertiary/aromatic N) is 1. The smallest absolute Gasteiger partial charge is 0.238 e. The summed E-state index contributed by atoms with van der Waals surface area (Å²) in [6, 6.07) is 4.75. The Bertz CT molecular complexity index is 618. The third-order valence-corrected chi connectivity index (χ3v) is 5.56. The van der Waals surface area contributed by atoms with Crippen molar-refractivity contribution >= 4 is 21.4 Å². The van der Waals surface area contributed by atoms with Crippen LogP contribution in [0.3, 0.4) is 0 Å². The van der Waals surface area contributed by atoms with Crippen LogP contribution in [-0.4, -0.2) is 38.1 Å². The molecule has 116 valence electrons. The van der Waals surface area contributed by atoms with Gasteiger partial charge in [0.1, 0.15) is 5.75 Å². The van der Waals surface area contributed by atoms with E-state index in [0.29, 0.717) is 24.3 Å². The van der Waals surface area contributed by atoms with Crippen LogP contribution >= 0.6 is 0 Å². The van der Waals surface area contributed by atoms with Crippen LogP contribution in [0, 0.1) is 6.92 Å². The fourth-order valence-electron chi connectivity index (χ4n) is 2.60. The first-order valence-electron chi connectivity index (χ1n) is 7.27. The summed E-state index contributed by atoms with van der Waals surface area (Å²) in [5.74, 6) is -0.782. The standard InChI is InChI=1S/C15H22N2O3S/c1-12-6-7-13(16)10-14(12)21(19,20)11-15(18)17-8-4-2-3-5-9-17/h6-7,10H,2-5,8-9,11,16H2,1H3. The zero-order chi connectivity index (χ0) is 15.5. The minimum atomic E-state index is -3.65. The van der Waals surface area contributed by atoms with Crippen molar-refractivity contribution in [2.24, 2.45) is 0 Å². The summed E-state index contributed by atoms with van der Waals surface area (Å²) in [7, 11) is -3.65. The number of anilines is 1. The Hall–Kier alpha value is -1.56. The Labute approximate surface area is 126 Å². The summed E-state index contributed by atoms with van der Waals surface area (Å²) in [6.07, 6.45) is 4.10. The molecule has 0 radical (unpaired) electrons. The van der Waals surface area contributed by atoms with Gasteiger partial charge >= 0.3 is 0 Å². The lowest BCUT2D eigenvalue weighted by Crippen LogP contribution is -2.36. The number of benzene rings is 1. The Morgan fingerprint density at radius 2 is 1.81 bits per heavy atom. The third-order valence-electron chi connectivity index (χ3n) is 3.82. The van der Waals surface area contributed by atoms with Gasteiger partial charge in [-0.15, -0.1) is 0 Å². The zero-order valence-electron chi connectivity index (χ0n) is 12.3. The van der Waals surface area contributed by atoms with Gasteiger partial charge in [0.05, 0.1) is 4.90 Å². The lowest BCUT2D eigenvalue weighted by molar-refractivity contribution is -0.128. The molecule has 1 aliphatic rings. The van der Waals surface area contributed by atoms with Gasteiger partial charge < -0.3 is 10.6 Å². The van der Waals surface area contributed by atoms with Gasteiger partial charge in [0.15, 0.2) is 9.84 Å². The van der Waals surface area contributed by atoms with Crippen LogP contribution < -0.4 is 5.73 Å². The van der Waals surface area contributed by atoms with Crippen molar-refractivity contribution in [3.8, 4) is 0 Å². The maximum Gasteiger partial charge on any atom is 0.238 e. The van der Waals surface area contributed by atoms with Gasteiger partial charge in [-0.05, 0) is 37.5 Å². The molecule has 2 rings (SSSR count). The topological polar surface area (TPSA) is 80.5 Å². The molecule has 1 saturated heterocycles. The fourth-order valence-corrected chi connectivity index (χ4v) is 4.14. The lowest BCUT2D eigenvalue weighted by Gasteiger charge is -2.20. The molecule has 1 aromatic rings. The van der Waals surface area contributed by atoms with Crippen molar-refractivity contribution in [3.05, 3.63) is 23.8 Å². The van der Waals surface area contributed by atoms with E-state index in [0.717, 1.165) is 25.7 Å². The second-order valence-electron chi connectivity index (χ2n) is 5.58. The minimum absolute atomic E-state index is 0.158. The molecule has 0 atom stereocenters. The van der Waals surface area contributed by atoms with E-state index in [-0.39, 0.29) is 10.8 Å². The zero-order valence-corrected chi connectivity index (χ0v) is 13.2. The van der Waals surface area contributed by atoms with E-state index < -0.39 is 15.6 Å². The SMILES string of the molecule is Cc1ccc(N)cc1S(=O)(=O)CC(=O)N1CCCCCC1. The summed E-state index contributed by atoms with van der Waals surface area (Å²) in [5, 5.41) is 0. The molecule has 5 nitrogen and oxygen atoms in total. The molecule has 0 saturated carbocycles. The van der Waals surface area contributed by atoms with E-state index >= 15 is 0 Å². The van der Waals surface area contributed by atoms with E-state index in [9.17, 15) is 13.2 Å². The molecule has 1 fully saturated rings. The molecule has 0 unspecified atom stereocenters. The van der Waals surface area contributed by atoms with Crippen LogP contribution in [0.2, 0.25) is 0 Å². The molecule has 1 amide bonds. The van der Waals surface area contributed by atoms with Crippen LogP contribution in [0.4, 0.5) is 5.69 Å². The Morgan fingerprint density at radius 3 is 2.43 bits per heavy atom. The van der Waals surface area contributed by atoms with E-state index in [1.54, 1.807) is 24.0 Å². The predicted octanol–water partition coefficient (Wildman–Crippen LogP) is 1.75. The number of amides is 1. The quantitative estimate of drug-likeness (QED) is 0.863. The highest BCUT2D eigenvalue weighted by Gasteiger charge is 2.25. The average molecular weight is 310 g/mol. The Morgan fingerprint density at radius 1 is 1.19 bits per heavy atom. The number of likely N-dealkylation sites (tertiary alicyclic amines) is 1. The molecular formula is C15H22N2O3S. The van der Waals surface area contributed by atoms with Gasteiger partial charge in [-0.3, -0.25) is 4.79 Å². The van der Waals surface area contributed by atoms with E-state index in [4.69, 9.17) is 5.73 Å². The molecule has 1 aliphatic heterocycles. The van der Waals surface area contributed by atoms with Crippen molar-refractivity contribution in [2.75, 3.05) is 24.6 Å². The molecule has 0 aliphatic carbocycles. The number of hydrogen-bond acceptors (Lipinski definition) is 4. The molecule has 21 heavy (non-hydrogen) atoms. The first kappa shape index (κ1) is 15.8. The highest BCUT2D eigenvalue weighted by atomic mass is 32.2. The molecular weight excluding hydrogens is 288 g/mol. The van der Waals surface area contributed by atoms with Crippen molar-refractivity contribution in [3.63, 3.8) is 0 Å². The highest BCUT2D eigenvalue weighted by molar-refractivity contribution is 7.92. The summed E-state index contributed by atoms with van der Waals surface area (Å²) >= 11 is 0. The Kier molecular flexibility index (Phi) is 4.88. The maximum atomic E-state index is 12.4. The number of aryl methyl sites for hydroxylation is 1. The van der Waals surface area contributed by atoms with Crippen LogP contribution in [0.5, 0.6) is 0 Å². The van der Waals surface area contributed by atoms with Crippen LogP contribution in [0.25, 0.3) is 0 Å². The number of hydrogen-bond donors (Lipinski definition) is 1. The van der Waals surface area contributed by atoms with Gasteiger partial charge in [-0.2, -0.15) is 0 Å². The van der Waals surface area contributed by atoms with E-state index in [2.05, 4.69) is 0 Å². The largest absolute Gasteiger partial charge is 0.399 e. The molecule has 1 heterocycles. The molecule has 1 aromatic carbocycles. The van der Waals surface area contributed by atoms with Gasteiger partial charge in [-0.25, -0.2) is 8.42 Å². The molecule has 0 spiro atoms. The van der Waals surface area contributed by atoms with E-state index in [1.807, 2.05) is 0 Å². The van der Waals surface area contributed by atoms with Crippen LogP contribution in [-0.2, 0) is 14.6 Å². The van der Waals surface area contributed by atoms with Crippen molar-refractivity contribution < 1.29 is 13.2 Å². The lowest BCUT2D eigenvalue weighted by atomic mass is 10.2.